The first-order chi connectivity index (χ1) is 9.52. The lowest BCUT2D eigenvalue weighted by Crippen LogP contribution is -2.14. The van der Waals surface area contributed by atoms with Crippen molar-refractivity contribution in [2.45, 2.75) is 13.8 Å². The average Bonchev–Trinajstić information content (AvgIpc) is 2.43. The first kappa shape index (κ1) is 14.6. The molecule has 0 radical (unpaired) electrons. The summed E-state index contributed by atoms with van der Waals surface area (Å²) in [6.07, 6.45) is 0. The van der Waals surface area contributed by atoms with Gasteiger partial charge in [-0.3, -0.25) is 4.79 Å². The molecule has 0 heterocycles. The van der Waals surface area contributed by atoms with Crippen LogP contribution in [0.2, 0.25) is 0 Å². The van der Waals surface area contributed by atoms with Gasteiger partial charge in [-0.05, 0) is 55.3 Å². The first-order valence-corrected chi connectivity index (χ1v) is 7.17. The molecule has 2 N–H and O–H groups in total. The molecule has 0 aromatic heterocycles. The highest BCUT2D eigenvalue weighted by Crippen LogP contribution is 2.24. The predicted molar refractivity (Wildman–Crippen MR) is 87.6 cm³/mol. The number of hydrogen-bond acceptors (Lipinski definition) is 2. The Morgan fingerprint density at radius 3 is 2.55 bits per heavy atom. The molecule has 4 heteroatoms. The Morgan fingerprint density at radius 2 is 1.90 bits per heavy atom. The van der Waals surface area contributed by atoms with E-state index in [2.05, 4.69) is 26.6 Å². The average molecular weight is 333 g/mol. The summed E-state index contributed by atoms with van der Waals surface area (Å²) >= 11 is 3.47. The van der Waals surface area contributed by atoms with Crippen LogP contribution < -0.4 is 10.6 Å². The van der Waals surface area contributed by atoms with Crippen molar-refractivity contribution < 1.29 is 4.79 Å². The van der Waals surface area contributed by atoms with Crippen molar-refractivity contribution in [3.8, 4) is 0 Å². The smallest absolute Gasteiger partial charge is 0.255 e. The fourth-order valence-electron chi connectivity index (χ4n) is 2.01. The van der Waals surface area contributed by atoms with E-state index in [1.165, 1.54) is 0 Å². The lowest BCUT2D eigenvalue weighted by Gasteiger charge is -2.12. The summed E-state index contributed by atoms with van der Waals surface area (Å²) in [6, 6.07) is 11.5. The fourth-order valence-corrected chi connectivity index (χ4v) is 2.37. The van der Waals surface area contributed by atoms with Gasteiger partial charge in [-0.25, -0.2) is 0 Å². The Labute approximate surface area is 127 Å². The van der Waals surface area contributed by atoms with Crippen molar-refractivity contribution >= 4 is 33.2 Å². The van der Waals surface area contributed by atoms with Crippen molar-refractivity contribution in [1.82, 2.24) is 0 Å². The van der Waals surface area contributed by atoms with E-state index in [4.69, 9.17) is 0 Å². The molecule has 0 atom stereocenters. The third-order valence-electron chi connectivity index (χ3n) is 3.28. The van der Waals surface area contributed by atoms with Gasteiger partial charge in [-0.1, -0.05) is 22.0 Å². The Bertz CT molecular complexity index is 653. The molecule has 2 rings (SSSR count). The second-order valence-corrected chi connectivity index (χ2v) is 5.50. The lowest BCUT2D eigenvalue weighted by molar-refractivity contribution is 0.102. The van der Waals surface area contributed by atoms with Gasteiger partial charge in [0.05, 0.1) is 0 Å². The van der Waals surface area contributed by atoms with Gasteiger partial charge in [-0.2, -0.15) is 0 Å². The zero-order valence-corrected chi connectivity index (χ0v) is 13.3. The van der Waals surface area contributed by atoms with Gasteiger partial charge in [0.15, 0.2) is 0 Å². The van der Waals surface area contributed by atoms with Crippen LogP contribution in [0.5, 0.6) is 0 Å². The molecular weight excluding hydrogens is 316 g/mol. The van der Waals surface area contributed by atoms with Crippen LogP contribution in [0, 0.1) is 13.8 Å². The maximum Gasteiger partial charge on any atom is 0.255 e. The van der Waals surface area contributed by atoms with Crippen molar-refractivity contribution in [3.63, 3.8) is 0 Å². The normalized spacial score (nSPS) is 10.2. The maximum absolute atomic E-state index is 12.4. The number of carbonyl (C=O) groups is 1. The minimum Gasteiger partial charge on any atom is -0.388 e. The number of nitrogens with one attached hydrogen (secondary N) is 2. The molecule has 20 heavy (non-hydrogen) atoms. The van der Waals surface area contributed by atoms with Crippen LogP contribution in [0.25, 0.3) is 0 Å². The molecule has 0 unspecified atom stereocenters. The summed E-state index contributed by atoms with van der Waals surface area (Å²) in [4.78, 5) is 12.4. The Hall–Kier alpha value is -1.81. The van der Waals surface area contributed by atoms with Gasteiger partial charge in [0.2, 0.25) is 0 Å². The molecule has 0 spiro atoms. The van der Waals surface area contributed by atoms with E-state index in [9.17, 15) is 4.79 Å². The zero-order chi connectivity index (χ0) is 14.7. The zero-order valence-electron chi connectivity index (χ0n) is 11.8. The van der Waals surface area contributed by atoms with Crippen LogP contribution in [-0.4, -0.2) is 13.0 Å². The topological polar surface area (TPSA) is 41.1 Å². The van der Waals surface area contributed by atoms with Crippen LogP contribution in [0.4, 0.5) is 11.4 Å². The van der Waals surface area contributed by atoms with E-state index in [0.29, 0.717) is 5.56 Å². The Kier molecular flexibility index (Phi) is 4.45. The maximum atomic E-state index is 12.4. The molecule has 0 aliphatic heterocycles. The molecule has 3 nitrogen and oxygen atoms in total. The largest absolute Gasteiger partial charge is 0.388 e. The highest BCUT2D eigenvalue weighted by molar-refractivity contribution is 9.10. The molecule has 0 bridgehead atoms. The summed E-state index contributed by atoms with van der Waals surface area (Å²) in [5.41, 5.74) is 4.47. The molecular formula is C16H17BrN2O. The number of hydrogen-bond donors (Lipinski definition) is 2. The first-order valence-electron chi connectivity index (χ1n) is 6.38. The summed E-state index contributed by atoms with van der Waals surface area (Å²) in [5.74, 6) is -0.0913. The predicted octanol–water partition coefficient (Wildman–Crippen LogP) is 4.36. The molecule has 104 valence electrons. The summed E-state index contributed by atoms with van der Waals surface area (Å²) in [7, 11) is 1.86. The van der Waals surface area contributed by atoms with Crippen molar-refractivity contribution in [3.05, 3.63) is 57.6 Å². The third-order valence-corrected chi connectivity index (χ3v) is 4.13. The number of amides is 1. The standard InChI is InChI=1S/C16H17BrN2O/c1-10-9-12(18-3)7-8-13(10)16(20)19-15-6-4-5-14(17)11(15)2/h4-9,18H,1-3H3,(H,19,20). The van der Waals surface area contributed by atoms with Crippen molar-refractivity contribution in [2.24, 2.45) is 0 Å². The van der Waals surface area contributed by atoms with E-state index >= 15 is 0 Å². The van der Waals surface area contributed by atoms with E-state index in [0.717, 1.165) is 27.0 Å². The number of rotatable bonds is 3. The highest BCUT2D eigenvalue weighted by atomic mass is 79.9. The van der Waals surface area contributed by atoms with Crippen molar-refractivity contribution in [2.75, 3.05) is 17.7 Å². The third kappa shape index (κ3) is 3.02. The van der Waals surface area contributed by atoms with Crippen LogP contribution in [0.3, 0.4) is 0 Å². The van der Waals surface area contributed by atoms with E-state index in [1.54, 1.807) is 0 Å². The number of anilines is 2. The Morgan fingerprint density at radius 1 is 1.15 bits per heavy atom. The Balaban J connectivity index is 2.26. The fraction of sp³-hybridized carbons (Fsp3) is 0.188. The molecule has 1 amide bonds. The molecule has 2 aromatic rings. The van der Waals surface area contributed by atoms with Crippen LogP contribution in [-0.2, 0) is 0 Å². The molecule has 2 aromatic carbocycles. The number of halogens is 1. The quantitative estimate of drug-likeness (QED) is 0.876. The molecule has 0 aliphatic rings. The van der Waals surface area contributed by atoms with Crippen LogP contribution >= 0.6 is 15.9 Å². The lowest BCUT2D eigenvalue weighted by atomic mass is 10.1. The molecule has 0 saturated carbocycles. The van der Waals surface area contributed by atoms with E-state index < -0.39 is 0 Å². The van der Waals surface area contributed by atoms with Crippen LogP contribution in [0.1, 0.15) is 21.5 Å². The molecule has 0 saturated heterocycles. The van der Waals surface area contributed by atoms with Gasteiger partial charge in [0, 0.05) is 28.5 Å². The number of carbonyl (C=O) groups excluding carboxylic acids is 1. The monoisotopic (exact) mass is 332 g/mol. The van der Waals surface area contributed by atoms with Gasteiger partial charge < -0.3 is 10.6 Å². The van der Waals surface area contributed by atoms with Gasteiger partial charge in [-0.15, -0.1) is 0 Å². The second-order valence-electron chi connectivity index (χ2n) is 4.65. The second kappa shape index (κ2) is 6.09. The summed E-state index contributed by atoms with van der Waals surface area (Å²) in [5, 5.41) is 6.02. The molecule has 0 aliphatic carbocycles. The minimum absolute atomic E-state index is 0.0913. The molecule has 0 fully saturated rings. The minimum atomic E-state index is -0.0913. The SMILES string of the molecule is CNc1ccc(C(=O)Nc2cccc(Br)c2C)c(C)c1. The van der Waals surface area contributed by atoms with Crippen molar-refractivity contribution in [1.29, 1.82) is 0 Å². The van der Waals surface area contributed by atoms with Gasteiger partial charge in [0.1, 0.15) is 0 Å². The van der Waals surface area contributed by atoms with Crippen LogP contribution in [0.15, 0.2) is 40.9 Å². The summed E-state index contributed by atoms with van der Waals surface area (Å²) < 4.78 is 0.984. The highest BCUT2D eigenvalue weighted by Gasteiger charge is 2.11. The number of aryl methyl sites for hydroxylation is 1. The summed E-state index contributed by atoms with van der Waals surface area (Å²) in [6.45, 7) is 3.90. The number of benzene rings is 2. The van der Waals surface area contributed by atoms with Gasteiger partial charge in [0.25, 0.3) is 5.91 Å². The van der Waals surface area contributed by atoms with Gasteiger partial charge >= 0.3 is 0 Å². The van der Waals surface area contributed by atoms with E-state index in [-0.39, 0.29) is 5.91 Å². The van der Waals surface area contributed by atoms with E-state index in [1.807, 2.05) is 57.3 Å².